The monoisotopic (exact) mass is 348 g/mol. The van der Waals surface area contributed by atoms with Crippen molar-refractivity contribution in [3.63, 3.8) is 0 Å². The summed E-state index contributed by atoms with van der Waals surface area (Å²) in [4.78, 5) is 46.4. The molecule has 25 heavy (non-hydrogen) atoms. The van der Waals surface area contributed by atoms with Gasteiger partial charge >= 0.3 is 6.03 Å². The lowest BCUT2D eigenvalue weighted by molar-refractivity contribution is -0.134. The van der Waals surface area contributed by atoms with Crippen LogP contribution >= 0.6 is 0 Å². The number of aryl methyl sites for hydroxylation is 1. The van der Waals surface area contributed by atoms with E-state index in [1.165, 1.54) is 18.3 Å². The van der Waals surface area contributed by atoms with Crippen molar-refractivity contribution in [2.45, 2.75) is 39.2 Å². The van der Waals surface area contributed by atoms with Crippen LogP contribution in [0.4, 0.5) is 4.79 Å². The first-order valence-electron chi connectivity index (χ1n) is 8.57. The lowest BCUT2D eigenvalue weighted by Gasteiger charge is -2.42. The minimum atomic E-state index is -0.828. The Morgan fingerprint density at radius 3 is 2.48 bits per heavy atom. The maximum absolute atomic E-state index is 12.8. The summed E-state index contributed by atoms with van der Waals surface area (Å²) in [5.74, 6) is 0.389. The molecule has 0 atom stereocenters. The highest BCUT2D eigenvalue weighted by Crippen LogP contribution is 2.37. The van der Waals surface area contributed by atoms with Gasteiger partial charge in [0.15, 0.2) is 12.1 Å². The SMILES string of the molecule is Cc1ocnc1C(=O)N1CCC2(CC1)C(=O)N(C)C(=O)N2CC(C)C. The average molecular weight is 348 g/mol. The lowest BCUT2D eigenvalue weighted by Crippen LogP contribution is -2.58. The fourth-order valence-electron chi connectivity index (χ4n) is 3.72. The molecule has 2 saturated heterocycles. The van der Waals surface area contributed by atoms with E-state index in [0.717, 1.165) is 0 Å². The summed E-state index contributed by atoms with van der Waals surface area (Å²) < 4.78 is 5.10. The number of oxazole rings is 1. The summed E-state index contributed by atoms with van der Waals surface area (Å²) in [6, 6.07) is -0.245. The number of hydrogen-bond acceptors (Lipinski definition) is 5. The van der Waals surface area contributed by atoms with Crippen LogP contribution in [0.3, 0.4) is 0 Å². The molecule has 0 bridgehead atoms. The quantitative estimate of drug-likeness (QED) is 0.773. The molecule has 2 fully saturated rings. The van der Waals surface area contributed by atoms with Crippen LogP contribution in [0.5, 0.6) is 0 Å². The van der Waals surface area contributed by atoms with Crippen LogP contribution in [0.15, 0.2) is 10.8 Å². The third-order valence-electron chi connectivity index (χ3n) is 5.11. The first-order chi connectivity index (χ1) is 11.8. The first-order valence-corrected chi connectivity index (χ1v) is 8.57. The summed E-state index contributed by atoms with van der Waals surface area (Å²) >= 11 is 0. The number of hydrogen-bond donors (Lipinski definition) is 0. The summed E-state index contributed by atoms with van der Waals surface area (Å²) in [5, 5.41) is 0. The molecule has 8 heteroatoms. The van der Waals surface area contributed by atoms with Gasteiger partial charge in [-0.1, -0.05) is 13.8 Å². The van der Waals surface area contributed by atoms with Crippen LogP contribution in [0, 0.1) is 12.8 Å². The van der Waals surface area contributed by atoms with Crippen molar-refractivity contribution in [2.75, 3.05) is 26.7 Å². The highest BCUT2D eigenvalue weighted by atomic mass is 16.3. The van der Waals surface area contributed by atoms with E-state index in [2.05, 4.69) is 4.98 Å². The Labute approximate surface area is 146 Å². The van der Waals surface area contributed by atoms with Crippen molar-refractivity contribution in [2.24, 2.45) is 5.92 Å². The minimum Gasteiger partial charge on any atom is -0.448 e. The third-order valence-corrected chi connectivity index (χ3v) is 5.11. The van der Waals surface area contributed by atoms with Crippen molar-refractivity contribution in [1.29, 1.82) is 0 Å². The van der Waals surface area contributed by atoms with Crippen molar-refractivity contribution < 1.29 is 18.8 Å². The topological polar surface area (TPSA) is 87.0 Å². The first kappa shape index (κ1) is 17.4. The van der Waals surface area contributed by atoms with Gasteiger partial charge in [0.25, 0.3) is 11.8 Å². The number of rotatable bonds is 3. The maximum Gasteiger partial charge on any atom is 0.327 e. The standard InChI is InChI=1S/C17H24N4O4/c1-11(2)9-21-16(24)19(4)15(23)17(21)5-7-20(8-6-17)14(22)13-12(3)25-10-18-13/h10-11H,5-9H2,1-4H3. The molecule has 2 aliphatic heterocycles. The molecule has 0 radical (unpaired) electrons. The number of imide groups is 1. The molecular formula is C17H24N4O4. The molecule has 0 aromatic carbocycles. The highest BCUT2D eigenvalue weighted by Gasteiger charge is 2.57. The van der Waals surface area contributed by atoms with Gasteiger partial charge in [-0.3, -0.25) is 14.5 Å². The highest BCUT2D eigenvalue weighted by molar-refractivity contribution is 6.07. The van der Waals surface area contributed by atoms with Crippen LogP contribution in [-0.4, -0.2) is 69.8 Å². The van der Waals surface area contributed by atoms with Gasteiger partial charge < -0.3 is 14.2 Å². The number of carbonyl (C=O) groups excluding carboxylic acids is 3. The second kappa shape index (κ2) is 6.16. The van der Waals surface area contributed by atoms with Gasteiger partial charge in [0.1, 0.15) is 11.3 Å². The van der Waals surface area contributed by atoms with E-state index >= 15 is 0 Å². The smallest absolute Gasteiger partial charge is 0.327 e. The molecule has 4 amide bonds. The van der Waals surface area contributed by atoms with Crippen molar-refractivity contribution >= 4 is 17.8 Å². The Balaban J connectivity index is 1.79. The molecule has 0 unspecified atom stereocenters. The van der Waals surface area contributed by atoms with Gasteiger partial charge in [-0.2, -0.15) is 0 Å². The van der Waals surface area contributed by atoms with E-state index in [1.807, 2.05) is 13.8 Å². The molecule has 0 N–H and O–H groups in total. The molecule has 3 rings (SSSR count). The van der Waals surface area contributed by atoms with Crippen molar-refractivity contribution in [3.8, 4) is 0 Å². The molecular weight excluding hydrogens is 324 g/mol. The zero-order valence-corrected chi connectivity index (χ0v) is 15.1. The van der Waals surface area contributed by atoms with E-state index < -0.39 is 5.54 Å². The van der Waals surface area contributed by atoms with Crippen molar-refractivity contribution in [1.82, 2.24) is 19.7 Å². The summed E-state index contributed by atoms with van der Waals surface area (Å²) in [5.41, 5.74) is -0.521. The normalized spacial score (nSPS) is 20.3. The number of likely N-dealkylation sites (tertiary alicyclic amines) is 1. The molecule has 2 aliphatic rings. The Morgan fingerprint density at radius 1 is 1.32 bits per heavy atom. The Morgan fingerprint density at radius 2 is 1.96 bits per heavy atom. The fraction of sp³-hybridized carbons (Fsp3) is 0.647. The largest absolute Gasteiger partial charge is 0.448 e. The molecule has 136 valence electrons. The Hall–Kier alpha value is -2.38. The van der Waals surface area contributed by atoms with Crippen LogP contribution in [-0.2, 0) is 4.79 Å². The van der Waals surface area contributed by atoms with Gasteiger partial charge in [-0.15, -0.1) is 0 Å². The number of likely N-dealkylation sites (N-methyl/N-ethyl adjacent to an activating group) is 1. The molecule has 3 heterocycles. The molecule has 1 spiro atoms. The fourth-order valence-corrected chi connectivity index (χ4v) is 3.72. The van der Waals surface area contributed by atoms with Gasteiger partial charge in [-0.25, -0.2) is 9.78 Å². The maximum atomic E-state index is 12.8. The summed E-state index contributed by atoms with van der Waals surface area (Å²) in [7, 11) is 1.53. The third kappa shape index (κ3) is 2.69. The predicted molar refractivity (Wildman–Crippen MR) is 88.8 cm³/mol. The molecule has 1 aromatic rings. The number of aromatic nitrogens is 1. The second-order valence-corrected chi connectivity index (χ2v) is 7.23. The van der Waals surface area contributed by atoms with E-state index in [-0.39, 0.29) is 23.8 Å². The Kier molecular flexibility index (Phi) is 4.30. The number of amides is 4. The number of carbonyl (C=O) groups is 3. The van der Waals surface area contributed by atoms with Crippen molar-refractivity contribution in [3.05, 3.63) is 17.8 Å². The van der Waals surface area contributed by atoms with E-state index in [1.54, 1.807) is 16.7 Å². The van der Waals surface area contributed by atoms with Gasteiger partial charge in [0.05, 0.1) is 0 Å². The molecule has 1 aromatic heterocycles. The predicted octanol–water partition coefficient (Wildman–Crippen LogP) is 1.51. The zero-order valence-electron chi connectivity index (χ0n) is 15.1. The number of nitrogens with zero attached hydrogens (tertiary/aromatic N) is 4. The molecule has 8 nitrogen and oxygen atoms in total. The second-order valence-electron chi connectivity index (χ2n) is 7.23. The van der Waals surface area contributed by atoms with Crippen LogP contribution in [0.25, 0.3) is 0 Å². The summed E-state index contributed by atoms with van der Waals surface area (Å²) in [6.07, 6.45) is 2.14. The van der Waals surface area contributed by atoms with Crippen LogP contribution in [0.2, 0.25) is 0 Å². The molecule has 0 saturated carbocycles. The average Bonchev–Trinajstić information content (AvgIpc) is 3.08. The van der Waals surface area contributed by atoms with Crippen LogP contribution < -0.4 is 0 Å². The number of urea groups is 1. The van der Waals surface area contributed by atoms with E-state index in [9.17, 15) is 14.4 Å². The zero-order chi connectivity index (χ0) is 18.4. The van der Waals surface area contributed by atoms with Gasteiger partial charge in [0.2, 0.25) is 0 Å². The van der Waals surface area contributed by atoms with E-state index in [0.29, 0.717) is 43.9 Å². The number of piperidine rings is 1. The lowest BCUT2D eigenvalue weighted by atomic mass is 9.85. The Bertz CT molecular complexity index is 703. The van der Waals surface area contributed by atoms with Gasteiger partial charge in [-0.05, 0) is 25.7 Å². The van der Waals surface area contributed by atoms with Crippen LogP contribution in [0.1, 0.15) is 42.9 Å². The summed E-state index contributed by atoms with van der Waals surface area (Å²) in [6.45, 7) is 7.10. The van der Waals surface area contributed by atoms with Gasteiger partial charge in [0, 0.05) is 26.7 Å². The minimum absolute atomic E-state index is 0.164. The van der Waals surface area contributed by atoms with E-state index in [4.69, 9.17) is 4.42 Å². The molecule has 0 aliphatic carbocycles.